The standard InChI is InChI=1S/C13H19BrN2O2/c1-15-6-3-10(4-7-15)9-16(2)13(17)11-5-8-18-12(11)14/h5,8,10H,3-4,6-7,9H2,1-2H3. The van der Waals surface area contributed by atoms with Crippen LogP contribution < -0.4 is 0 Å². The molecule has 1 saturated heterocycles. The third kappa shape index (κ3) is 3.14. The minimum Gasteiger partial charge on any atom is -0.457 e. The first-order valence-electron chi connectivity index (χ1n) is 6.25. The van der Waals surface area contributed by atoms with Gasteiger partial charge in [0.1, 0.15) is 0 Å². The maximum Gasteiger partial charge on any atom is 0.258 e. The molecule has 2 rings (SSSR count). The Hall–Kier alpha value is -0.810. The molecule has 1 aliphatic heterocycles. The molecule has 0 aliphatic carbocycles. The van der Waals surface area contributed by atoms with Gasteiger partial charge in [-0.25, -0.2) is 0 Å². The number of likely N-dealkylation sites (tertiary alicyclic amines) is 1. The summed E-state index contributed by atoms with van der Waals surface area (Å²) < 4.78 is 5.62. The Morgan fingerprint density at radius 3 is 2.78 bits per heavy atom. The minimum atomic E-state index is 0.0227. The molecule has 1 fully saturated rings. The van der Waals surface area contributed by atoms with E-state index in [2.05, 4.69) is 27.9 Å². The third-order valence-corrected chi connectivity index (χ3v) is 4.18. The number of halogens is 1. The van der Waals surface area contributed by atoms with Crippen molar-refractivity contribution in [1.82, 2.24) is 9.80 Å². The molecular formula is C13H19BrN2O2. The van der Waals surface area contributed by atoms with Crippen LogP contribution in [-0.2, 0) is 0 Å². The van der Waals surface area contributed by atoms with Crippen molar-refractivity contribution in [2.45, 2.75) is 12.8 Å². The van der Waals surface area contributed by atoms with Crippen molar-refractivity contribution in [3.63, 3.8) is 0 Å². The molecule has 1 aromatic heterocycles. The van der Waals surface area contributed by atoms with Crippen molar-refractivity contribution in [3.05, 3.63) is 22.6 Å². The van der Waals surface area contributed by atoms with Crippen molar-refractivity contribution in [2.75, 3.05) is 33.7 Å². The van der Waals surface area contributed by atoms with E-state index in [0.717, 1.165) is 19.6 Å². The maximum atomic E-state index is 12.2. The van der Waals surface area contributed by atoms with Gasteiger partial charge in [0.05, 0.1) is 11.8 Å². The summed E-state index contributed by atoms with van der Waals surface area (Å²) in [6, 6.07) is 1.71. The number of carbonyl (C=O) groups excluding carboxylic acids is 1. The van der Waals surface area contributed by atoms with Crippen LogP contribution in [0.2, 0.25) is 0 Å². The van der Waals surface area contributed by atoms with Crippen LogP contribution in [0.4, 0.5) is 0 Å². The van der Waals surface area contributed by atoms with Crippen LogP contribution in [0.3, 0.4) is 0 Å². The first kappa shape index (κ1) is 13.6. The zero-order valence-electron chi connectivity index (χ0n) is 10.9. The lowest BCUT2D eigenvalue weighted by Gasteiger charge is -2.31. The lowest BCUT2D eigenvalue weighted by Crippen LogP contribution is -2.37. The Bertz CT molecular complexity index is 411. The number of carbonyl (C=O) groups is 1. The topological polar surface area (TPSA) is 36.7 Å². The fourth-order valence-corrected chi connectivity index (χ4v) is 2.78. The van der Waals surface area contributed by atoms with E-state index in [4.69, 9.17) is 4.42 Å². The number of furan rings is 1. The smallest absolute Gasteiger partial charge is 0.258 e. The first-order valence-corrected chi connectivity index (χ1v) is 7.04. The number of amides is 1. The number of nitrogens with zero attached hydrogens (tertiary/aromatic N) is 2. The van der Waals surface area contributed by atoms with E-state index in [1.54, 1.807) is 11.0 Å². The highest BCUT2D eigenvalue weighted by atomic mass is 79.9. The van der Waals surface area contributed by atoms with Gasteiger partial charge in [0.15, 0.2) is 4.67 Å². The molecule has 0 atom stereocenters. The lowest BCUT2D eigenvalue weighted by atomic mass is 9.96. The molecule has 0 bridgehead atoms. The summed E-state index contributed by atoms with van der Waals surface area (Å²) in [4.78, 5) is 16.3. The molecule has 18 heavy (non-hydrogen) atoms. The van der Waals surface area contributed by atoms with Crippen LogP contribution in [0, 0.1) is 5.92 Å². The number of hydrogen-bond donors (Lipinski definition) is 0. The molecule has 0 aromatic carbocycles. The largest absolute Gasteiger partial charge is 0.457 e. The van der Waals surface area contributed by atoms with Crippen molar-refractivity contribution in [1.29, 1.82) is 0 Å². The van der Waals surface area contributed by atoms with Gasteiger partial charge in [0.25, 0.3) is 5.91 Å². The minimum absolute atomic E-state index is 0.0227. The maximum absolute atomic E-state index is 12.2. The molecular weight excluding hydrogens is 296 g/mol. The average molecular weight is 315 g/mol. The Morgan fingerprint density at radius 2 is 2.22 bits per heavy atom. The van der Waals surface area contributed by atoms with Crippen LogP contribution in [0.15, 0.2) is 21.4 Å². The second kappa shape index (κ2) is 5.89. The Morgan fingerprint density at radius 1 is 1.56 bits per heavy atom. The van der Waals surface area contributed by atoms with E-state index in [9.17, 15) is 4.79 Å². The van der Waals surface area contributed by atoms with Crippen molar-refractivity contribution < 1.29 is 9.21 Å². The van der Waals surface area contributed by atoms with Crippen molar-refractivity contribution >= 4 is 21.8 Å². The molecule has 100 valence electrons. The zero-order valence-corrected chi connectivity index (χ0v) is 12.4. The summed E-state index contributed by atoms with van der Waals surface area (Å²) in [6.07, 6.45) is 3.86. The normalized spacial score (nSPS) is 17.9. The highest BCUT2D eigenvalue weighted by Crippen LogP contribution is 2.21. The summed E-state index contributed by atoms with van der Waals surface area (Å²) in [5.74, 6) is 0.635. The average Bonchev–Trinajstić information content (AvgIpc) is 2.77. The van der Waals surface area contributed by atoms with Gasteiger partial charge >= 0.3 is 0 Å². The fourth-order valence-electron chi connectivity index (χ4n) is 2.37. The van der Waals surface area contributed by atoms with E-state index < -0.39 is 0 Å². The molecule has 0 saturated carbocycles. The van der Waals surface area contributed by atoms with E-state index in [0.29, 0.717) is 16.2 Å². The predicted octanol–water partition coefficient (Wildman–Crippen LogP) is 2.46. The molecule has 5 heteroatoms. The number of rotatable bonds is 3. The zero-order chi connectivity index (χ0) is 13.1. The van der Waals surface area contributed by atoms with Gasteiger partial charge in [-0.2, -0.15) is 0 Å². The van der Waals surface area contributed by atoms with Gasteiger partial charge in [-0.15, -0.1) is 0 Å². The van der Waals surface area contributed by atoms with Crippen LogP contribution in [0.1, 0.15) is 23.2 Å². The van der Waals surface area contributed by atoms with Crippen LogP contribution in [0.5, 0.6) is 0 Å². The molecule has 0 spiro atoms. The highest BCUT2D eigenvalue weighted by molar-refractivity contribution is 9.10. The summed E-state index contributed by atoms with van der Waals surface area (Å²) >= 11 is 3.25. The predicted molar refractivity (Wildman–Crippen MR) is 73.6 cm³/mol. The van der Waals surface area contributed by atoms with E-state index in [-0.39, 0.29) is 5.91 Å². The van der Waals surface area contributed by atoms with Gasteiger partial charge in [-0.05, 0) is 60.9 Å². The first-order chi connectivity index (χ1) is 8.58. The van der Waals surface area contributed by atoms with Crippen LogP contribution in [-0.4, -0.2) is 49.4 Å². The van der Waals surface area contributed by atoms with Gasteiger partial charge in [0, 0.05) is 13.6 Å². The second-order valence-corrected chi connectivity index (χ2v) is 5.76. The SMILES string of the molecule is CN1CCC(CN(C)C(=O)c2ccoc2Br)CC1. The van der Waals surface area contributed by atoms with Gasteiger partial charge in [-0.1, -0.05) is 0 Å². The summed E-state index contributed by atoms with van der Waals surface area (Å²) in [7, 11) is 4.01. The van der Waals surface area contributed by atoms with Crippen LogP contribution in [0.25, 0.3) is 0 Å². The van der Waals surface area contributed by atoms with Gasteiger partial charge < -0.3 is 14.2 Å². The number of hydrogen-bond acceptors (Lipinski definition) is 3. The van der Waals surface area contributed by atoms with Crippen molar-refractivity contribution in [3.8, 4) is 0 Å². The Balaban J connectivity index is 1.90. The summed E-state index contributed by atoms with van der Waals surface area (Å²) in [5, 5.41) is 0. The summed E-state index contributed by atoms with van der Waals surface area (Å²) in [5.41, 5.74) is 0.602. The van der Waals surface area contributed by atoms with Gasteiger partial charge in [0.2, 0.25) is 0 Å². The van der Waals surface area contributed by atoms with E-state index in [1.807, 2.05) is 7.05 Å². The van der Waals surface area contributed by atoms with Gasteiger partial charge in [-0.3, -0.25) is 4.79 Å². The monoisotopic (exact) mass is 314 g/mol. The molecule has 1 amide bonds. The highest BCUT2D eigenvalue weighted by Gasteiger charge is 2.22. The Kier molecular flexibility index (Phi) is 4.45. The lowest BCUT2D eigenvalue weighted by molar-refractivity contribution is 0.0745. The molecule has 0 N–H and O–H groups in total. The quantitative estimate of drug-likeness (QED) is 0.860. The molecule has 0 unspecified atom stereocenters. The number of piperidine rings is 1. The molecule has 2 heterocycles. The van der Waals surface area contributed by atoms with E-state index in [1.165, 1.54) is 19.1 Å². The summed E-state index contributed by atoms with van der Waals surface area (Å²) in [6.45, 7) is 3.08. The molecule has 0 radical (unpaired) electrons. The molecule has 4 nitrogen and oxygen atoms in total. The molecule has 1 aromatic rings. The van der Waals surface area contributed by atoms with Crippen LogP contribution >= 0.6 is 15.9 Å². The Labute approximate surface area is 116 Å². The van der Waals surface area contributed by atoms with E-state index >= 15 is 0 Å². The van der Waals surface area contributed by atoms with Crippen molar-refractivity contribution in [2.24, 2.45) is 5.92 Å². The fraction of sp³-hybridized carbons (Fsp3) is 0.615. The second-order valence-electron chi connectivity index (χ2n) is 5.04. The third-order valence-electron chi connectivity index (χ3n) is 3.57. The molecule has 1 aliphatic rings.